The van der Waals surface area contributed by atoms with E-state index in [4.69, 9.17) is 32.7 Å². The number of fused-ring (bicyclic) bond motifs is 2. The first-order valence-electron chi connectivity index (χ1n) is 7.30. The molecule has 4 rings (SSSR count). The van der Waals surface area contributed by atoms with Gasteiger partial charge in [-0.15, -0.1) is 5.10 Å². The summed E-state index contributed by atoms with van der Waals surface area (Å²) >= 11 is 11.9. The Morgan fingerprint density at radius 3 is 2.74 bits per heavy atom. The van der Waals surface area contributed by atoms with Crippen molar-refractivity contribution in [2.45, 2.75) is 44.3 Å². The van der Waals surface area contributed by atoms with Crippen molar-refractivity contribution in [1.82, 2.24) is 25.0 Å². The maximum atomic E-state index is 9.65. The van der Waals surface area contributed by atoms with E-state index in [-0.39, 0.29) is 41.2 Å². The van der Waals surface area contributed by atoms with Crippen LogP contribution in [0.15, 0.2) is 0 Å². The fraction of sp³-hybridized carbons (Fsp3) is 0.692. The summed E-state index contributed by atoms with van der Waals surface area (Å²) in [6, 6.07) is -0.175. The summed E-state index contributed by atoms with van der Waals surface area (Å²) in [7, 11) is 0. The Kier molecular flexibility index (Phi) is 3.51. The molecule has 0 aromatic carbocycles. The summed E-state index contributed by atoms with van der Waals surface area (Å²) in [6.45, 7) is 3.72. The third-order valence-electron chi connectivity index (χ3n) is 4.35. The standard InChI is InChI=1S/C13H15Cl2N5O3/c1-13(2)22-8-5(4-21)3-6(9(8)23-13)20-11-7(18-19-20)10(14)16-12(15)17-11/h5-6,8-9,21H,3-4H2,1-2H3. The molecular weight excluding hydrogens is 345 g/mol. The van der Waals surface area contributed by atoms with Crippen LogP contribution in [0.2, 0.25) is 10.4 Å². The number of ether oxygens (including phenoxy) is 2. The quantitative estimate of drug-likeness (QED) is 0.642. The van der Waals surface area contributed by atoms with Gasteiger partial charge in [0.05, 0.1) is 12.1 Å². The van der Waals surface area contributed by atoms with Crippen LogP contribution in [0.5, 0.6) is 0 Å². The summed E-state index contributed by atoms with van der Waals surface area (Å²) in [5.41, 5.74) is 0.837. The molecular formula is C13H15Cl2N5O3. The van der Waals surface area contributed by atoms with Crippen LogP contribution in [0, 0.1) is 5.92 Å². The largest absolute Gasteiger partial charge is 0.396 e. The lowest BCUT2D eigenvalue weighted by Gasteiger charge is -2.23. The second kappa shape index (κ2) is 5.22. The van der Waals surface area contributed by atoms with Gasteiger partial charge in [0.25, 0.3) is 0 Å². The van der Waals surface area contributed by atoms with Crippen molar-refractivity contribution in [2.24, 2.45) is 5.92 Å². The Hall–Kier alpha value is -1.06. The molecule has 0 spiro atoms. The summed E-state index contributed by atoms with van der Waals surface area (Å²) < 4.78 is 13.6. The molecule has 10 heteroatoms. The van der Waals surface area contributed by atoms with Crippen LogP contribution in [-0.2, 0) is 9.47 Å². The first-order valence-corrected chi connectivity index (χ1v) is 8.05. The van der Waals surface area contributed by atoms with E-state index < -0.39 is 5.79 Å². The predicted molar refractivity (Wildman–Crippen MR) is 81.2 cm³/mol. The number of aliphatic hydroxyl groups is 1. The Balaban J connectivity index is 1.79. The van der Waals surface area contributed by atoms with Crippen LogP contribution in [-0.4, -0.2) is 54.7 Å². The molecule has 1 N–H and O–H groups in total. The van der Waals surface area contributed by atoms with Gasteiger partial charge in [0, 0.05) is 12.5 Å². The first-order chi connectivity index (χ1) is 10.9. The van der Waals surface area contributed by atoms with Gasteiger partial charge >= 0.3 is 0 Å². The average Bonchev–Trinajstić information content (AvgIpc) is 3.09. The number of aliphatic hydroxyl groups excluding tert-OH is 1. The van der Waals surface area contributed by atoms with E-state index in [9.17, 15) is 5.11 Å². The normalized spacial score (nSPS) is 32.6. The van der Waals surface area contributed by atoms with Gasteiger partial charge in [0.2, 0.25) is 5.28 Å². The molecule has 2 aromatic heterocycles. The Morgan fingerprint density at radius 2 is 2.00 bits per heavy atom. The molecule has 1 aliphatic carbocycles. The van der Waals surface area contributed by atoms with Crippen molar-refractivity contribution in [1.29, 1.82) is 0 Å². The van der Waals surface area contributed by atoms with Crippen molar-refractivity contribution in [3.63, 3.8) is 0 Å². The number of nitrogens with zero attached hydrogens (tertiary/aromatic N) is 5. The molecule has 4 atom stereocenters. The van der Waals surface area contributed by atoms with E-state index in [0.717, 1.165) is 0 Å². The zero-order chi connectivity index (χ0) is 16.4. The van der Waals surface area contributed by atoms with Crippen molar-refractivity contribution < 1.29 is 14.6 Å². The molecule has 4 unspecified atom stereocenters. The molecule has 2 aliphatic rings. The fourth-order valence-corrected chi connectivity index (χ4v) is 3.88. The zero-order valence-electron chi connectivity index (χ0n) is 12.5. The van der Waals surface area contributed by atoms with Gasteiger partial charge in [-0.2, -0.15) is 4.98 Å². The van der Waals surface area contributed by atoms with Crippen LogP contribution in [0.3, 0.4) is 0 Å². The minimum absolute atomic E-state index is 0.0141. The molecule has 3 heterocycles. The van der Waals surface area contributed by atoms with Gasteiger partial charge in [0.1, 0.15) is 6.10 Å². The van der Waals surface area contributed by atoms with E-state index in [1.165, 1.54) is 0 Å². The van der Waals surface area contributed by atoms with Crippen LogP contribution >= 0.6 is 23.2 Å². The van der Waals surface area contributed by atoms with Gasteiger partial charge in [-0.3, -0.25) is 0 Å². The lowest BCUT2D eigenvalue weighted by Crippen LogP contribution is -2.28. The molecule has 8 nitrogen and oxygen atoms in total. The minimum atomic E-state index is -0.706. The molecule has 2 fully saturated rings. The smallest absolute Gasteiger partial charge is 0.225 e. The molecule has 23 heavy (non-hydrogen) atoms. The molecule has 2 aromatic rings. The second-order valence-corrected chi connectivity index (χ2v) is 7.00. The van der Waals surface area contributed by atoms with Crippen molar-refractivity contribution in [3.05, 3.63) is 10.4 Å². The van der Waals surface area contributed by atoms with Gasteiger partial charge < -0.3 is 14.6 Å². The number of aromatic nitrogens is 5. The monoisotopic (exact) mass is 359 g/mol. The first kappa shape index (κ1) is 15.5. The topological polar surface area (TPSA) is 95.2 Å². The molecule has 0 radical (unpaired) electrons. The fourth-order valence-electron chi connectivity index (χ4n) is 3.47. The Labute approximate surface area is 141 Å². The number of rotatable bonds is 2. The number of halogens is 2. The van der Waals surface area contributed by atoms with Gasteiger partial charge in [-0.1, -0.05) is 16.8 Å². The SMILES string of the molecule is CC1(C)OC2C(CO)CC(n3nnc4c(Cl)nc(Cl)nc43)C2O1. The van der Waals surface area contributed by atoms with Crippen LogP contribution in [0.25, 0.3) is 11.2 Å². The summed E-state index contributed by atoms with van der Waals surface area (Å²) in [6.07, 6.45) is 0.186. The summed E-state index contributed by atoms with van der Waals surface area (Å²) in [4.78, 5) is 8.06. The highest BCUT2D eigenvalue weighted by molar-refractivity contribution is 6.35. The summed E-state index contributed by atoms with van der Waals surface area (Å²) in [5.74, 6) is -0.749. The maximum Gasteiger partial charge on any atom is 0.225 e. The third kappa shape index (κ3) is 2.40. The van der Waals surface area contributed by atoms with Crippen molar-refractivity contribution in [3.8, 4) is 0 Å². The lowest BCUT2D eigenvalue weighted by molar-refractivity contribution is -0.162. The Morgan fingerprint density at radius 1 is 1.26 bits per heavy atom. The molecule has 0 bridgehead atoms. The van der Waals surface area contributed by atoms with Gasteiger partial charge in [0.15, 0.2) is 22.1 Å². The molecule has 0 amide bonds. The van der Waals surface area contributed by atoms with Crippen molar-refractivity contribution >= 4 is 34.4 Å². The Bertz CT molecular complexity index is 767. The average molecular weight is 360 g/mol. The van der Waals surface area contributed by atoms with E-state index in [2.05, 4.69) is 20.3 Å². The highest BCUT2D eigenvalue weighted by Crippen LogP contribution is 2.47. The zero-order valence-corrected chi connectivity index (χ0v) is 14.0. The number of hydrogen-bond donors (Lipinski definition) is 1. The van der Waals surface area contributed by atoms with Crippen LogP contribution in [0.4, 0.5) is 0 Å². The van der Waals surface area contributed by atoms with E-state index >= 15 is 0 Å². The van der Waals surface area contributed by atoms with E-state index in [0.29, 0.717) is 17.6 Å². The number of hydrogen-bond acceptors (Lipinski definition) is 7. The molecule has 1 saturated heterocycles. The molecule has 1 aliphatic heterocycles. The van der Waals surface area contributed by atoms with E-state index in [1.54, 1.807) is 4.68 Å². The highest BCUT2D eigenvalue weighted by Gasteiger charge is 2.55. The van der Waals surface area contributed by atoms with Gasteiger partial charge in [-0.05, 0) is 31.9 Å². The van der Waals surface area contributed by atoms with E-state index in [1.807, 2.05) is 13.8 Å². The minimum Gasteiger partial charge on any atom is -0.396 e. The van der Waals surface area contributed by atoms with Crippen LogP contribution < -0.4 is 0 Å². The molecule has 124 valence electrons. The highest BCUT2D eigenvalue weighted by atomic mass is 35.5. The lowest BCUT2D eigenvalue weighted by atomic mass is 10.1. The third-order valence-corrected chi connectivity index (χ3v) is 4.79. The van der Waals surface area contributed by atoms with Gasteiger partial charge in [-0.25, -0.2) is 9.67 Å². The summed E-state index contributed by atoms with van der Waals surface area (Å²) in [5, 5.41) is 18.0. The van der Waals surface area contributed by atoms with Crippen LogP contribution in [0.1, 0.15) is 26.3 Å². The molecule has 1 saturated carbocycles. The maximum absolute atomic E-state index is 9.65. The van der Waals surface area contributed by atoms with Crippen molar-refractivity contribution in [2.75, 3.05) is 6.61 Å². The second-order valence-electron chi connectivity index (χ2n) is 6.30. The predicted octanol–water partition coefficient (Wildman–Crippen LogP) is 1.60.